The predicted octanol–water partition coefficient (Wildman–Crippen LogP) is 5.60. The summed E-state index contributed by atoms with van der Waals surface area (Å²) in [6.07, 6.45) is 4.00. The van der Waals surface area contributed by atoms with Crippen LogP contribution in [0, 0.1) is 0 Å². The van der Waals surface area contributed by atoms with Crippen molar-refractivity contribution in [2.45, 2.75) is 26.1 Å². The maximum Gasteiger partial charge on any atom is 0.172 e. The van der Waals surface area contributed by atoms with Crippen LogP contribution in [0.1, 0.15) is 23.1 Å². The smallest absolute Gasteiger partial charge is 0.172 e. The Morgan fingerprint density at radius 1 is 0.558 bits per heavy atom. The van der Waals surface area contributed by atoms with Gasteiger partial charge in [0.2, 0.25) is 0 Å². The van der Waals surface area contributed by atoms with E-state index in [0.29, 0.717) is 44.1 Å². The van der Waals surface area contributed by atoms with Gasteiger partial charge >= 0.3 is 0 Å². The van der Waals surface area contributed by atoms with Gasteiger partial charge in [-0.2, -0.15) is 0 Å². The second kappa shape index (κ2) is 12.1. The molecule has 7 rings (SSSR count). The lowest BCUT2D eigenvalue weighted by atomic mass is 9.95. The van der Waals surface area contributed by atoms with Crippen LogP contribution in [0.15, 0.2) is 91.3 Å². The van der Waals surface area contributed by atoms with Gasteiger partial charge in [0.1, 0.15) is 0 Å². The number of hydrogen-bond donors (Lipinski definition) is 0. The van der Waals surface area contributed by atoms with Gasteiger partial charge in [0.25, 0.3) is 0 Å². The number of nitrogens with zero attached hydrogens (tertiary/aromatic N) is 3. The molecule has 3 aromatic carbocycles. The van der Waals surface area contributed by atoms with Crippen molar-refractivity contribution >= 4 is 44.5 Å². The number of aromatic nitrogens is 2. The van der Waals surface area contributed by atoms with Crippen LogP contribution in [0.5, 0.6) is 0 Å². The number of benzene rings is 3. The molecule has 5 aromatic rings. The Hall–Kier alpha value is -4.30. The highest BCUT2D eigenvalue weighted by molar-refractivity contribution is 6.52. The van der Waals surface area contributed by atoms with E-state index in [1.54, 1.807) is 0 Å². The van der Waals surface area contributed by atoms with Gasteiger partial charge in [-0.15, -0.1) is 0 Å². The number of hydrogen-bond acceptors (Lipinski definition) is 5. The van der Waals surface area contributed by atoms with Gasteiger partial charge in [-0.25, -0.2) is 0 Å². The van der Waals surface area contributed by atoms with Gasteiger partial charge in [0, 0.05) is 89.2 Å². The third-order valence-corrected chi connectivity index (χ3v) is 8.55. The number of ether oxygens (including phenoxy) is 2. The average molecular weight is 574 g/mol. The highest BCUT2D eigenvalue weighted by Crippen LogP contribution is 2.41. The summed E-state index contributed by atoms with van der Waals surface area (Å²) < 4.78 is 16.3. The van der Waals surface area contributed by atoms with E-state index in [4.69, 9.17) is 9.47 Å². The van der Waals surface area contributed by atoms with Crippen molar-refractivity contribution in [1.82, 2.24) is 14.0 Å². The summed E-state index contributed by atoms with van der Waals surface area (Å²) in [5, 5.41) is 1.96. The molecule has 0 unspecified atom stereocenters. The number of carbonyl (C=O) groups is 2. The first-order valence-electron chi connectivity index (χ1n) is 15.1. The molecule has 0 N–H and O–H groups in total. The van der Waals surface area contributed by atoms with Crippen molar-refractivity contribution in [2.24, 2.45) is 0 Å². The fourth-order valence-electron chi connectivity index (χ4n) is 6.47. The Morgan fingerprint density at radius 2 is 1.09 bits per heavy atom. The first kappa shape index (κ1) is 27.5. The van der Waals surface area contributed by atoms with Gasteiger partial charge in [0.05, 0.1) is 32.8 Å². The summed E-state index contributed by atoms with van der Waals surface area (Å²) >= 11 is 0. The molecule has 0 radical (unpaired) electrons. The average Bonchev–Trinajstić information content (AvgIpc) is 3.67. The molecule has 7 nitrogen and oxygen atoms in total. The zero-order chi connectivity index (χ0) is 29.2. The summed E-state index contributed by atoms with van der Waals surface area (Å²) in [7, 11) is 0. The number of fused-ring (bicyclic) bond motifs is 12. The number of para-hydroxylation sites is 2. The number of ketones is 2. The van der Waals surface area contributed by atoms with Gasteiger partial charge in [-0.1, -0.05) is 66.7 Å². The normalized spacial score (nSPS) is 17.7. The maximum absolute atomic E-state index is 13.6. The Balaban J connectivity index is 1.34. The Bertz CT molecular complexity index is 1830. The third kappa shape index (κ3) is 5.47. The summed E-state index contributed by atoms with van der Waals surface area (Å²) in [5.74, 6) is -0.232. The molecular weight excluding hydrogens is 538 g/mol. The Morgan fingerprint density at radius 3 is 1.72 bits per heavy atom. The van der Waals surface area contributed by atoms with Gasteiger partial charge < -0.3 is 18.6 Å². The molecule has 0 amide bonds. The second-order valence-electron chi connectivity index (χ2n) is 11.3. The fourth-order valence-corrected chi connectivity index (χ4v) is 6.47. The van der Waals surface area contributed by atoms with Crippen LogP contribution in [0.3, 0.4) is 0 Å². The molecule has 7 heteroatoms. The fraction of sp³-hybridized carbons (Fsp3) is 0.278. The molecule has 0 spiro atoms. The monoisotopic (exact) mass is 573 g/mol. The lowest BCUT2D eigenvalue weighted by Crippen LogP contribution is -2.31. The number of carbonyl (C=O) groups excluding carboxylic acids is 2. The van der Waals surface area contributed by atoms with E-state index in [1.807, 2.05) is 42.6 Å². The molecule has 0 fully saturated rings. The number of Topliss-reactive ketones (excluding diaryl/α,β-unsaturated/α-hetero) is 2. The SMILES string of the molecule is O=C1CC(=O)C2=C1c1cn(c3ccccc13)CCOCCOCCN(Cc1ccccc1)CCn1cc2c2ccccc21. The van der Waals surface area contributed by atoms with E-state index < -0.39 is 0 Å². The Labute approximate surface area is 250 Å². The molecule has 0 atom stereocenters. The van der Waals surface area contributed by atoms with E-state index >= 15 is 0 Å². The van der Waals surface area contributed by atoms with Crippen molar-refractivity contribution in [3.8, 4) is 0 Å². The first-order chi connectivity index (χ1) is 21.2. The lowest BCUT2D eigenvalue weighted by Gasteiger charge is -2.23. The van der Waals surface area contributed by atoms with Crippen LogP contribution in [0.4, 0.5) is 0 Å². The maximum atomic E-state index is 13.6. The van der Waals surface area contributed by atoms with Crippen molar-refractivity contribution in [1.29, 1.82) is 0 Å². The van der Waals surface area contributed by atoms with Crippen LogP contribution in [-0.2, 0) is 38.7 Å². The second-order valence-corrected chi connectivity index (χ2v) is 11.3. The van der Waals surface area contributed by atoms with E-state index in [0.717, 1.165) is 59.1 Å². The molecule has 0 saturated carbocycles. The van der Waals surface area contributed by atoms with E-state index in [-0.39, 0.29) is 18.0 Å². The summed E-state index contributed by atoms with van der Waals surface area (Å²) in [5.41, 5.74) is 6.04. The summed E-state index contributed by atoms with van der Waals surface area (Å²) in [4.78, 5) is 29.6. The van der Waals surface area contributed by atoms with Crippen molar-refractivity contribution < 1.29 is 19.1 Å². The van der Waals surface area contributed by atoms with Crippen molar-refractivity contribution in [2.75, 3.05) is 39.5 Å². The number of allylic oxidation sites excluding steroid dienone is 2. The molecule has 218 valence electrons. The first-order valence-corrected chi connectivity index (χ1v) is 15.1. The quantitative estimate of drug-likeness (QED) is 0.258. The minimum absolute atomic E-state index is 0.0996. The topological polar surface area (TPSA) is 65.7 Å². The summed E-state index contributed by atoms with van der Waals surface area (Å²) in [6.45, 7) is 5.98. The number of rotatable bonds is 2. The molecule has 2 aromatic heterocycles. The highest BCUT2D eigenvalue weighted by Gasteiger charge is 2.35. The molecule has 1 aliphatic carbocycles. The lowest BCUT2D eigenvalue weighted by molar-refractivity contribution is -0.119. The zero-order valence-electron chi connectivity index (χ0n) is 24.2. The van der Waals surface area contributed by atoms with Crippen LogP contribution in [0.25, 0.3) is 33.0 Å². The van der Waals surface area contributed by atoms with Crippen LogP contribution < -0.4 is 0 Å². The largest absolute Gasteiger partial charge is 0.378 e. The van der Waals surface area contributed by atoms with Crippen molar-refractivity contribution in [3.63, 3.8) is 0 Å². The van der Waals surface area contributed by atoms with Gasteiger partial charge in [-0.05, 0) is 17.7 Å². The molecule has 0 saturated heterocycles. The van der Waals surface area contributed by atoms with Crippen LogP contribution >= 0.6 is 0 Å². The minimum Gasteiger partial charge on any atom is -0.378 e. The Kier molecular flexibility index (Phi) is 7.77. The zero-order valence-corrected chi connectivity index (χ0v) is 24.2. The molecule has 3 heterocycles. The van der Waals surface area contributed by atoms with Crippen molar-refractivity contribution in [3.05, 3.63) is 108 Å². The minimum atomic E-state index is -0.118. The van der Waals surface area contributed by atoms with Crippen LogP contribution in [0.2, 0.25) is 0 Å². The van der Waals surface area contributed by atoms with E-state index in [2.05, 4.69) is 62.7 Å². The molecular formula is C36H35N3O4. The van der Waals surface area contributed by atoms with E-state index in [9.17, 15) is 9.59 Å². The molecule has 4 bridgehead atoms. The highest BCUT2D eigenvalue weighted by atomic mass is 16.5. The van der Waals surface area contributed by atoms with Crippen LogP contribution in [-0.4, -0.2) is 65.1 Å². The standard InChI is InChI=1S/C36H35N3O4/c40-33-22-34(41)36-30-25-39(32-13-7-5-11-28(30)32)17-19-43-21-20-42-18-16-37(23-26-8-2-1-3-9-26)14-15-38-24-29(35(33)36)27-10-4-6-12-31(27)38/h1-13,24-25H,14-23H2. The third-order valence-electron chi connectivity index (χ3n) is 8.55. The summed E-state index contributed by atoms with van der Waals surface area (Å²) in [6, 6.07) is 26.8. The molecule has 43 heavy (non-hydrogen) atoms. The molecule has 1 aliphatic heterocycles. The van der Waals surface area contributed by atoms with Gasteiger partial charge in [0.15, 0.2) is 11.6 Å². The van der Waals surface area contributed by atoms with Gasteiger partial charge in [-0.3, -0.25) is 14.5 Å². The van der Waals surface area contributed by atoms with E-state index in [1.165, 1.54) is 5.56 Å². The molecule has 2 aliphatic rings. The predicted molar refractivity (Wildman–Crippen MR) is 169 cm³/mol.